The van der Waals surface area contributed by atoms with Crippen molar-refractivity contribution in [2.45, 2.75) is 25.3 Å². The molecule has 116 valence electrons. The molecule has 1 aromatic carbocycles. The van der Waals surface area contributed by atoms with E-state index in [1.54, 1.807) is 7.11 Å². The van der Waals surface area contributed by atoms with Gasteiger partial charge < -0.3 is 20.5 Å². The van der Waals surface area contributed by atoms with Crippen LogP contribution in [0.15, 0.2) is 24.3 Å². The summed E-state index contributed by atoms with van der Waals surface area (Å²) in [6.07, 6.45) is 2.52. The number of nitrogens with two attached hydrogens (primary N) is 1. The number of carbonyl (C=O) groups is 1. The molecular weight excluding hydrogens is 268 g/mol. The molecule has 1 aliphatic rings. The third kappa shape index (κ3) is 4.72. The Morgan fingerprint density at radius 3 is 2.67 bits per heavy atom. The van der Waals surface area contributed by atoms with Gasteiger partial charge >= 0.3 is 0 Å². The molecule has 21 heavy (non-hydrogen) atoms. The summed E-state index contributed by atoms with van der Waals surface area (Å²) >= 11 is 0. The molecule has 0 spiro atoms. The van der Waals surface area contributed by atoms with Gasteiger partial charge in [-0.1, -0.05) is 12.1 Å². The maximum atomic E-state index is 12.0. The largest absolute Gasteiger partial charge is 0.497 e. The van der Waals surface area contributed by atoms with Crippen LogP contribution in [0.4, 0.5) is 0 Å². The predicted molar refractivity (Wildman–Crippen MR) is 81.2 cm³/mol. The van der Waals surface area contributed by atoms with E-state index in [0.29, 0.717) is 19.8 Å². The molecule has 0 aliphatic carbocycles. The van der Waals surface area contributed by atoms with Crippen molar-refractivity contribution in [1.82, 2.24) is 5.32 Å². The van der Waals surface area contributed by atoms with E-state index in [9.17, 15) is 4.79 Å². The highest BCUT2D eigenvalue weighted by atomic mass is 16.5. The number of benzene rings is 1. The summed E-state index contributed by atoms with van der Waals surface area (Å²) in [4.78, 5) is 12.0. The minimum absolute atomic E-state index is 0.0598. The van der Waals surface area contributed by atoms with E-state index in [2.05, 4.69) is 5.32 Å². The van der Waals surface area contributed by atoms with E-state index in [4.69, 9.17) is 15.2 Å². The smallest absolute Gasteiger partial charge is 0.237 e. The summed E-state index contributed by atoms with van der Waals surface area (Å²) in [5.41, 5.74) is 7.19. The molecule has 1 fully saturated rings. The Labute approximate surface area is 125 Å². The van der Waals surface area contributed by atoms with Gasteiger partial charge in [-0.05, 0) is 42.9 Å². The summed E-state index contributed by atoms with van der Waals surface area (Å²) in [7, 11) is 1.65. The number of nitrogens with one attached hydrogen (secondary N) is 1. The molecule has 0 bridgehead atoms. The molecule has 0 saturated carbocycles. The van der Waals surface area contributed by atoms with Gasteiger partial charge in [0.1, 0.15) is 5.75 Å². The second-order valence-corrected chi connectivity index (χ2v) is 5.36. The normalized spacial score (nSPS) is 17.2. The Balaban J connectivity index is 1.72. The topological polar surface area (TPSA) is 73.6 Å². The molecule has 1 heterocycles. The van der Waals surface area contributed by atoms with Gasteiger partial charge in [0.2, 0.25) is 5.91 Å². The molecule has 1 saturated heterocycles. The van der Waals surface area contributed by atoms with Crippen LogP contribution in [0.25, 0.3) is 0 Å². The molecule has 1 aliphatic heterocycles. The van der Waals surface area contributed by atoms with E-state index in [1.165, 1.54) is 0 Å². The first-order valence-corrected chi connectivity index (χ1v) is 7.44. The molecule has 1 unspecified atom stereocenters. The first-order valence-electron chi connectivity index (χ1n) is 7.44. The number of methoxy groups -OCH3 is 1. The van der Waals surface area contributed by atoms with E-state index in [1.807, 2.05) is 24.3 Å². The Morgan fingerprint density at radius 2 is 2.05 bits per heavy atom. The summed E-state index contributed by atoms with van der Waals surface area (Å²) in [5, 5.41) is 2.92. The second-order valence-electron chi connectivity index (χ2n) is 5.36. The van der Waals surface area contributed by atoms with E-state index < -0.39 is 6.04 Å². The van der Waals surface area contributed by atoms with Crippen molar-refractivity contribution >= 4 is 5.91 Å². The lowest BCUT2D eigenvalue weighted by atomic mass is 9.92. The number of carbonyl (C=O) groups excluding carboxylic acids is 1. The lowest BCUT2D eigenvalue weighted by Crippen LogP contribution is -2.47. The highest BCUT2D eigenvalue weighted by Gasteiger charge is 2.26. The lowest BCUT2D eigenvalue weighted by molar-refractivity contribution is -0.124. The zero-order chi connectivity index (χ0) is 15.1. The van der Waals surface area contributed by atoms with Crippen LogP contribution >= 0.6 is 0 Å². The summed E-state index contributed by atoms with van der Waals surface area (Å²) in [6.45, 7) is 2.01. The Morgan fingerprint density at radius 1 is 1.38 bits per heavy atom. The van der Waals surface area contributed by atoms with Crippen LogP contribution in [-0.2, 0) is 16.0 Å². The highest BCUT2D eigenvalue weighted by Crippen LogP contribution is 2.17. The van der Waals surface area contributed by atoms with Gasteiger partial charge in [-0.25, -0.2) is 0 Å². The highest BCUT2D eigenvalue weighted by molar-refractivity contribution is 5.81. The van der Waals surface area contributed by atoms with E-state index in [-0.39, 0.29) is 11.8 Å². The summed E-state index contributed by atoms with van der Waals surface area (Å²) in [6, 6.07) is 7.42. The van der Waals surface area contributed by atoms with Gasteiger partial charge in [0, 0.05) is 19.8 Å². The van der Waals surface area contributed by atoms with Gasteiger partial charge in [0.25, 0.3) is 0 Å². The standard InChI is InChI=1S/C16H24N2O3/c1-20-14-4-2-12(3-5-14)6-9-18-16(19)15(17)13-7-10-21-11-8-13/h2-5,13,15H,6-11,17H2,1H3,(H,18,19). The van der Waals surface area contributed by atoms with Crippen LogP contribution < -0.4 is 15.8 Å². The van der Waals surface area contributed by atoms with Crippen LogP contribution in [0.3, 0.4) is 0 Å². The minimum atomic E-state index is -0.426. The van der Waals surface area contributed by atoms with Gasteiger partial charge in [-0.3, -0.25) is 4.79 Å². The molecule has 3 N–H and O–H groups in total. The maximum absolute atomic E-state index is 12.0. The average Bonchev–Trinajstić information content (AvgIpc) is 2.55. The van der Waals surface area contributed by atoms with E-state index in [0.717, 1.165) is 30.6 Å². The second kappa shape index (κ2) is 8.00. The van der Waals surface area contributed by atoms with Gasteiger partial charge in [-0.2, -0.15) is 0 Å². The van der Waals surface area contributed by atoms with Crippen LogP contribution in [0, 0.1) is 5.92 Å². The molecule has 1 atom stereocenters. The van der Waals surface area contributed by atoms with Crippen LogP contribution in [0.2, 0.25) is 0 Å². The van der Waals surface area contributed by atoms with E-state index >= 15 is 0 Å². The Bertz CT molecular complexity index is 441. The fourth-order valence-corrected chi connectivity index (χ4v) is 2.53. The number of rotatable bonds is 6. The molecule has 1 amide bonds. The summed E-state index contributed by atoms with van der Waals surface area (Å²) in [5.74, 6) is 1.01. The molecular formula is C16H24N2O3. The SMILES string of the molecule is COc1ccc(CCNC(=O)C(N)C2CCOCC2)cc1. The number of ether oxygens (including phenoxy) is 2. The molecule has 0 radical (unpaired) electrons. The van der Waals surface area contributed by atoms with Gasteiger partial charge in [0.05, 0.1) is 13.2 Å². The molecule has 5 nitrogen and oxygen atoms in total. The number of amides is 1. The van der Waals surface area contributed by atoms with Crippen LogP contribution in [0.1, 0.15) is 18.4 Å². The maximum Gasteiger partial charge on any atom is 0.237 e. The molecule has 0 aromatic heterocycles. The fraction of sp³-hybridized carbons (Fsp3) is 0.562. The summed E-state index contributed by atoms with van der Waals surface area (Å²) < 4.78 is 10.4. The number of hydrogen-bond donors (Lipinski definition) is 2. The average molecular weight is 292 g/mol. The van der Waals surface area contributed by atoms with Crippen LogP contribution in [0.5, 0.6) is 5.75 Å². The van der Waals surface area contributed by atoms with Crippen molar-refractivity contribution in [1.29, 1.82) is 0 Å². The van der Waals surface area contributed by atoms with Crippen molar-refractivity contribution in [2.24, 2.45) is 11.7 Å². The molecule has 5 heteroatoms. The monoisotopic (exact) mass is 292 g/mol. The van der Waals surface area contributed by atoms with Crippen molar-refractivity contribution in [3.63, 3.8) is 0 Å². The van der Waals surface area contributed by atoms with Crippen molar-refractivity contribution in [2.75, 3.05) is 26.9 Å². The molecule has 1 aromatic rings. The fourth-order valence-electron chi connectivity index (χ4n) is 2.53. The van der Waals surface area contributed by atoms with Crippen molar-refractivity contribution in [3.05, 3.63) is 29.8 Å². The third-order valence-corrected chi connectivity index (χ3v) is 3.95. The quantitative estimate of drug-likeness (QED) is 0.823. The third-order valence-electron chi connectivity index (χ3n) is 3.95. The first-order chi connectivity index (χ1) is 10.2. The van der Waals surface area contributed by atoms with Gasteiger partial charge in [-0.15, -0.1) is 0 Å². The first kappa shape index (κ1) is 15.8. The zero-order valence-electron chi connectivity index (χ0n) is 12.5. The van der Waals surface area contributed by atoms with Crippen LogP contribution in [-0.4, -0.2) is 38.8 Å². The van der Waals surface area contributed by atoms with Crippen molar-refractivity contribution < 1.29 is 14.3 Å². The molecule has 2 rings (SSSR count). The lowest BCUT2D eigenvalue weighted by Gasteiger charge is -2.26. The van der Waals surface area contributed by atoms with Crippen molar-refractivity contribution in [3.8, 4) is 5.75 Å². The predicted octanol–water partition coefficient (Wildman–Crippen LogP) is 1.11. The Kier molecular flexibility index (Phi) is 6.02. The minimum Gasteiger partial charge on any atom is -0.497 e. The van der Waals surface area contributed by atoms with Gasteiger partial charge in [0.15, 0.2) is 0 Å². The zero-order valence-corrected chi connectivity index (χ0v) is 12.5. The number of hydrogen-bond acceptors (Lipinski definition) is 4. The Hall–Kier alpha value is -1.59.